The molecule has 41 heavy (non-hydrogen) atoms. The Labute approximate surface area is 235 Å². The first kappa shape index (κ1) is 33.5. The highest BCUT2D eigenvalue weighted by Gasteiger charge is 2.21. The number of nitrogens with zero attached hydrogens (tertiary/aromatic N) is 5. The summed E-state index contributed by atoms with van der Waals surface area (Å²) in [5.74, 6) is 0.847. The lowest BCUT2D eigenvalue weighted by atomic mass is 10.2. The number of likely N-dealkylation sites (N-methyl/N-ethyl adjacent to an activating group) is 1. The molecule has 17 heteroatoms. The monoisotopic (exact) mass is 607 g/mol. The number of aromatic nitrogens is 2. The second-order valence-corrected chi connectivity index (χ2v) is 9.19. The molecule has 2 aromatic heterocycles. The number of anilines is 1. The van der Waals surface area contributed by atoms with Crippen molar-refractivity contribution in [2.75, 3.05) is 25.1 Å². The van der Waals surface area contributed by atoms with Gasteiger partial charge in [-0.05, 0) is 59.8 Å². The lowest BCUT2D eigenvalue weighted by molar-refractivity contribution is -0.694. The van der Waals surface area contributed by atoms with Gasteiger partial charge in [-0.2, -0.15) is 0 Å². The zero-order valence-corrected chi connectivity index (χ0v) is 23.1. The minimum absolute atomic E-state index is 0.840. The molecule has 2 aromatic carbocycles. The summed E-state index contributed by atoms with van der Waals surface area (Å²) >= 11 is 1.60. The molecule has 0 aliphatic heterocycles. The summed E-state index contributed by atoms with van der Waals surface area (Å²) in [6.07, 6.45) is 4.20. The smallest absolute Gasteiger partial charge is 0.497 e. The zero-order chi connectivity index (χ0) is 30.6. The molecule has 0 saturated carbocycles. The van der Waals surface area contributed by atoms with Crippen LogP contribution in [0.3, 0.4) is 0 Å². The molecule has 4 rings (SSSR count). The van der Waals surface area contributed by atoms with Crippen molar-refractivity contribution in [1.29, 1.82) is 0 Å². The summed E-state index contributed by atoms with van der Waals surface area (Å²) in [7, 11) is -8.31. The van der Waals surface area contributed by atoms with Crippen molar-refractivity contribution in [2.24, 2.45) is 17.3 Å². The largest absolute Gasteiger partial charge is 0.673 e. The highest BCUT2D eigenvalue weighted by molar-refractivity contribution is 7.21. The minimum Gasteiger partial charge on any atom is -0.497 e. The normalized spacial score (nSPS) is 11.5. The Morgan fingerprint density at radius 3 is 1.98 bits per heavy atom. The van der Waals surface area contributed by atoms with Crippen LogP contribution in [0.25, 0.3) is 10.2 Å². The first-order valence-corrected chi connectivity index (χ1v) is 12.9. The second-order valence-electron chi connectivity index (χ2n) is 8.18. The van der Waals surface area contributed by atoms with Gasteiger partial charge in [-0.15, -0.1) is 0 Å². The molecule has 4 aromatic rings. The minimum atomic E-state index is -6.00. The molecule has 0 radical (unpaired) electrons. The first-order valence-electron chi connectivity index (χ1n) is 12.1. The third kappa shape index (κ3) is 13.0. The molecule has 0 spiro atoms. The summed E-state index contributed by atoms with van der Waals surface area (Å²) in [4.78, 5) is 2.36. The average molecular weight is 607 g/mol. The van der Waals surface area contributed by atoms with E-state index >= 15 is 0 Å². The maximum Gasteiger partial charge on any atom is 0.673 e. The first-order chi connectivity index (χ1) is 19.2. The number of thiazole rings is 1. The van der Waals surface area contributed by atoms with Gasteiger partial charge in [-0.25, -0.2) is 9.13 Å². The third-order valence-corrected chi connectivity index (χ3v) is 6.35. The highest BCUT2D eigenvalue weighted by Crippen LogP contribution is 2.30. The number of hydrogen-bond acceptors (Lipinski definition) is 5. The van der Waals surface area contributed by atoms with Crippen LogP contribution in [-0.2, 0) is 13.6 Å². The second kappa shape index (κ2) is 15.3. The molecule has 2 heterocycles. The van der Waals surface area contributed by atoms with Crippen molar-refractivity contribution in [3.8, 4) is 5.75 Å². The van der Waals surface area contributed by atoms with Gasteiger partial charge in [0.25, 0.3) is 0 Å². The van der Waals surface area contributed by atoms with Gasteiger partial charge in [0.1, 0.15) is 17.0 Å². The number of pyridine rings is 1. The zero-order valence-electron chi connectivity index (χ0n) is 22.3. The van der Waals surface area contributed by atoms with Crippen molar-refractivity contribution in [3.63, 3.8) is 0 Å². The fraction of sp³-hybridized carbons (Fsp3) is 0.250. The van der Waals surface area contributed by atoms with Crippen LogP contribution >= 0.6 is 11.3 Å². The predicted molar refractivity (Wildman–Crippen MR) is 145 cm³/mol. The number of halogens is 8. The average Bonchev–Trinajstić information content (AvgIpc) is 3.21. The van der Waals surface area contributed by atoms with E-state index in [9.17, 15) is 34.5 Å². The predicted octanol–water partition coefficient (Wildman–Crippen LogP) is 7.56. The molecular weight excluding hydrogens is 580 g/mol. The van der Waals surface area contributed by atoms with E-state index < -0.39 is 14.5 Å². The van der Waals surface area contributed by atoms with Crippen LogP contribution in [-0.4, -0.2) is 34.7 Å². The van der Waals surface area contributed by atoms with E-state index in [-0.39, 0.29) is 0 Å². The number of azo groups is 1. The Morgan fingerprint density at radius 2 is 1.44 bits per heavy atom. The number of hydrogen-bond donors (Lipinski definition) is 0. The van der Waals surface area contributed by atoms with E-state index in [1.54, 1.807) is 18.4 Å². The molecule has 0 saturated heterocycles. The molecule has 222 valence electrons. The highest BCUT2D eigenvalue weighted by atomic mass is 32.1. The molecule has 0 N–H and O–H groups in total. The van der Waals surface area contributed by atoms with Gasteiger partial charge in [-0.1, -0.05) is 6.07 Å². The van der Waals surface area contributed by atoms with E-state index in [1.165, 1.54) is 5.69 Å². The lowest BCUT2D eigenvalue weighted by Gasteiger charge is -2.21. The van der Waals surface area contributed by atoms with Crippen LogP contribution in [0.5, 0.6) is 5.75 Å². The van der Waals surface area contributed by atoms with Crippen molar-refractivity contribution in [3.05, 3.63) is 73.1 Å². The fourth-order valence-corrected chi connectivity index (χ4v) is 4.46. The molecule has 0 aliphatic rings. The molecule has 0 fully saturated rings. The molecule has 0 atom stereocenters. The summed E-state index contributed by atoms with van der Waals surface area (Å²) in [5.41, 5.74) is 3.15. The Hall–Kier alpha value is -3.75. The summed E-state index contributed by atoms with van der Waals surface area (Å²) in [6.45, 7) is 5.03. The van der Waals surface area contributed by atoms with E-state index in [0.717, 1.165) is 46.4 Å². The van der Waals surface area contributed by atoms with Gasteiger partial charge < -0.3 is 44.2 Å². The number of benzene rings is 2. The summed E-state index contributed by atoms with van der Waals surface area (Å²) < 4.78 is 88.7. The molecule has 0 unspecified atom stereocenters. The lowest BCUT2D eigenvalue weighted by Crippen LogP contribution is -2.40. The van der Waals surface area contributed by atoms with Crippen LogP contribution in [0, 0.1) is 0 Å². The van der Waals surface area contributed by atoms with Gasteiger partial charge in [0.05, 0.1) is 30.5 Å². The van der Waals surface area contributed by atoms with Crippen molar-refractivity contribution in [1.82, 2.24) is 0 Å². The van der Waals surface area contributed by atoms with Crippen LogP contribution < -0.4 is 18.8 Å². The van der Waals surface area contributed by atoms with Gasteiger partial charge in [-0.3, -0.25) is 0 Å². The fourth-order valence-electron chi connectivity index (χ4n) is 3.46. The molecular formula is C24H27B2F8N5OS. The topological polar surface area (TPSA) is 45.0 Å². The third-order valence-electron chi connectivity index (χ3n) is 5.27. The number of rotatable bonds is 8. The Kier molecular flexibility index (Phi) is 12.5. The van der Waals surface area contributed by atoms with E-state index in [2.05, 4.69) is 67.8 Å². The van der Waals surface area contributed by atoms with Crippen molar-refractivity contribution in [2.45, 2.75) is 13.5 Å². The van der Waals surface area contributed by atoms with Gasteiger partial charge >= 0.3 is 19.6 Å². The number of fused-ring (bicyclic) bond motifs is 1. The Morgan fingerprint density at radius 1 is 0.854 bits per heavy atom. The summed E-state index contributed by atoms with van der Waals surface area (Å²) in [6, 6.07) is 20.5. The van der Waals surface area contributed by atoms with Crippen molar-refractivity contribution < 1.29 is 48.4 Å². The van der Waals surface area contributed by atoms with Crippen molar-refractivity contribution >= 4 is 52.6 Å². The Bertz CT molecular complexity index is 1360. The maximum absolute atomic E-state index is 9.75. The molecule has 6 nitrogen and oxygen atoms in total. The SMILES string of the molecule is CCN(CC[n+]1ccccc1)c1ccc(N=Nc2sc3cc(OC)ccc3[n+]2C)cc1.F[B-](F)(F)F.F[B-](F)(F)F. The number of ether oxygens (including phenoxy) is 1. The van der Waals surface area contributed by atoms with E-state index in [0.29, 0.717) is 0 Å². The van der Waals surface area contributed by atoms with E-state index in [1.807, 2.05) is 43.4 Å². The van der Waals surface area contributed by atoms with E-state index in [4.69, 9.17) is 4.74 Å². The molecule has 0 amide bonds. The van der Waals surface area contributed by atoms with Crippen LogP contribution in [0.1, 0.15) is 6.92 Å². The van der Waals surface area contributed by atoms with Crippen LogP contribution in [0.15, 0.2) is 83.3 Å². The quantitative estimate of drug-likeness (QED) is 0.0899. The van der Waals surface area contributed by atoms with Gasteiger partial charge in [0.2, 0.25) is 0 Å². The van der Waals surface area contributed by atoms with Crippen LogP contribution in [0.2, 0.25) is 0 Å². The Balaban J connectivity index is 0.000000507. The molecule has 0 aliphatic carbocycles. The number of methoxy groups -OCH3 is 1. The van der Waals surface area contributed by atoms with Crippen LogP contribution in [0.4, 0.5) is 51.0 Å². The van der Waals surface area contributed by atoms with Gasteiger partial charge in [0.15, 0.2) is 18.9 Å². The standard InChI is InChI=1S/C24H27N5OS.2BF4/c1-4-29(17-16-28-14-6-5-7-15-28)20-10-8-19(9-11-20)25-26-24-27(2)22-13-12-21(30-3)18-23(22)31-24;2*2-1(3,4)5/h5-15,18H,4,16-17H2,1-3H3;;/q+2;2*-1. The number of aryl methyl sites for hydroxylation is 1. The molecule has 0 bridgehead atoms. The van der Waals surface area contributed by atoms with Gasteiger partial charge in [0, 0.05) is 30.4 Å². The summed E-state index contributed by atoms with van der Waals surface area (Å²) in [5, 5.41) is 9.79. The maximum atomic E-state index is 9.75.